The molecule has 19 heavy (non-hydrogen) atoms. The minimum absolute atomic E-state index is 0.139. The average molecular weight is 267 g/mol. The number of anilines is 1. The second-order valence-corrected chi connectivity index (χ2v) is 4.62. The quantitative estimate of drug-likeness (QED) is 0.887. The molecule has 0 unspecified atom stereocenters. The van der Waals surface area contributed by atoms with Gasteiger partial charge >= 0.3 is 5.97 Å². The number of nitrogens with zero attached hydrogens (tertiary/aromatic N) is 1. The summed E-state index contributed by atoms with van der Waals surface area (Å²) in [6, 6.07) is 4.71. The minimum atomic E-state index is -0.796. The van der Waals surface area contributed by atoms with Crippen molar-refractivity contribution in [3.05, 3.63) is 29.6 Å². The molecular formula is C14H18FNO3. The van der Waals surface area contributed by atoms with Crippen LogP contribution in [-0.4, -0.2) is 37.4 Å². The highest BCUT2D eigenvalue weighted by atomic mass is 19.1. The number of hydrogen-bond acceptors (Lipinski definition) is 3. The van der Waals surface area contributed by atoms with Crippen LogP contribution in [0.1, 0.15) is 18.4 Å². The number of carbonyl (C=O) groups is 1. The molecule has 4 nitrogen and oxygen atoms in total. The van der Waals surface area contributed by atoms with E-state index in [0.717, 1.165) is 24.3 Å². The number of carboxylic acids is 1. The third kappa shape index (κ3) is 3.92. The first kappa shape index (κ1) is 13.8. The largest absolute Gasteiger partial charge is 0.481 e. The predicted molar refractivity (Wildman–Crippen MR) is 70.0 cm³/mol. The van der Waals surface area contributed by atoms with Gasteiger partial charge in [-0.25, -0.2) is 4.39 Å². The lowest BCUT2D eigenvalue weighted by Gasteiger charge is -2.30. The Labute approximate surface area is 111 Å². The topological polar surface area (TPSA) is 49.8 Å². The Morgan fingerprint density at radius 3 is 2.79 bits per heavy atom. The summed E-state index contributed by atoms with van der Waals surface area (Å²) in [6.45, 7) is 2.78. The molecule has 0 radical (unpaired) electrons. The minimum Gasteiger partial charge on any atom is -0.481 e. The molecule has 1 N–H and O–H groups in total. The maximum Gasteiger partial charge on any atom is 0.303 e. The highest BCUT2D eigenvalue weighted by molar-refractivity contribution is 5.66. The molecule has 0 spiro atoms. The number of carboxylic acid groups (broad SMARTS) is 1. The van der Waals surface area contributed by atoms with E-state index in [1.54, 1.807) is 6.07 Å². The van der Waals surface area contributed by atoms with Crippen molar-refractivity contribution < 1.29 is 19.0 Å². The van der Waals surface area contributed by atoms with Crippen LogP contribution in [0.25, 0.3) is 0 Å². The van der Waals surface area contributed by atoms with Crippen molar-refractivity contribution in [2.24, 2.45) is 0 Å². The van der Waals surface area contributed by atoms with Gasteiger partial charge in [-0.05, 0) is 30.5 Å². The fourth-order valence-corrected chi connectivity index (χ4v) is 2.28. The van der Waals surface area contributed by atoms with Crippen LogP contribution in [0.15, 0.2) is 18.2 Å². The first-order valence-corrected chi connectivity index (χ1v) is 6.50. The molecule has 0 aliphatic carbocycles. The number of aryl methyl sites for hydroxylation is 1. The summed E-state index contributed by atoms with van der Waals surface area (Å²) in [5, 5.41) is 8.67. The number of benzene rings is 1. The average Bonchev–Trinajstić information content (AvgIpc) is 2.41. The van der Waals surface area contributed by atoms with Crippen LogP contribution in [0.3, 0.4) is 0 Å². The van der Waals surface area contributed by atoms with Crippen LogP contribution in [0.2, 0.25) is 0 Å². The van der Waals surface area contributed by atoms with Crippen molar-refractivity contribution >= 4 is 11.7 Å². The number of morpholine rings is 1. The van der Waals surface area contributed by atoms with Gasteiger partial charge in [-0.1, -0.05) is 6.07 Å². The van der Waals surface area contributed by atoms with Gasteiger partial charge in [0.2, 0.25) is 0 Å². The van der Waals surface area contributed by atoms with E-state index >= 15 is 0 Å². The van der Waals surface area contributed by atoms with E-state index in [0.29, 0.717) is 26.1 Å². The van der Waals surface area contributed by atoms with Gasteiger partial charge in [-0.15, -0.1) is 0 Å². The molecule has 1 aliphatic rings. The van der Waals surface area contributed by atoms with Crippen LogP contribution in [0.4, 0.5) is 10.1 Å². The fourth-order valence-electron chi connectivity index (χ4n) is 2.28. The molecule has 1 aromatic rings. The van der Waals surface area contributed by atoms with E-state index in [9.17, 15) is 9.18 Å². The molecule has 0 bridgehead atoms. The molecule has 5 heteroatoms. The molecule has 104 valence electrons. The van der Waals surface area contributed by atoms with Crippen LogP contribution in [-0.2, 0) is 16.0 Å². The van der Waals surface area contributed by atoms with Crippen LogP contribution >= 0.6 is 0 Å². The lowest BCUT2D eigenvalue weighted by molar-refractivity contribution is -0.137. The van der Waals surface area contributed by atoms with E-state index in [1.165, 1.54) is 12.1 Å². The van der Waals surface area contributed by atoms with Crippen molar-refractivity contribution in [3.8, 4) is 0 Å². The number of halogens is 1. The zero-order valence-electron chi connectivity index (χ0n) is 10.8. The van der Waals surface area contributed by atoms with Gasteiger partial charge < -0.3 is 14.7 Å². The van der Waals surface area contributed by atoms with E-state index in [1.807, 2.05) is 0 Å². The maximum atomic E-state index is 13.4. The Kier molecular flexibility index (Phi) is 4.74. The monoisotopic (exact) mass is 267 g/mol. The lowest BCUT2D eigenvalue weighted by Crippen LogP contribution is -2.36. The maximum absolute atomic E-state index is 13.4. The van der Waals surface area contributed by atoms with E-state index in [2.05, 4.69) is 4.90 Å². The number of ether oxygens (including phenoxy) is 1. The molecule has 2 rings (SSSR count). The molecule has 1 heterocycles. The summed E-state index contributed by atoms with van der Waals surface area (Å²) >= 11 is 0. The summed E-state index contributed by atoms with van der Waals surface area (Å²) in [4.78, 5) is 12.6. The highest BCUT2D eigenvalue weighted by Crippen LogP contribution is 2.24. The molecule has 0 amide bonds. The first-order chi connectivity index (χ1) is 9.16. The van der Waals surface area contributed by atoms with Crippen molar-refractivity contribution in [2.45, 2.75) is 19.3 Å². The van der Waals surface area contributed by atoms with E-state index < -0.39 is 5.97 Å². The summed E-state index contributed by atoms with van der Waals surface area (Å²) in [5.41, 5.74) is 1.87. The van der Waals surface area contributed by atoms with Crippen molar-refractivity contribution in [3.63, 3.8) is 0 Å². The zero-order chi connectivity index (χ0) is 13.7. The van der Waals surface area contributed by atoms with Crippen molar-refractivity contribution in [2.75, 3.05) is 31.2 Å². The van der Waals surface area contributed by atoms with Crippen molar-refractivity contribution in [1.82, 2.24) is 0 Å². The molecule has 0 saturated carbocycles. The van der Waals surface area contributed by atoms with E-state index in [4.69, 9.17) is 9.84 Å². The molecule has 1 aromatic carbocycles. The molecule has 1 saturated heterocycles. The Morgan fingerprint density at radius 1 is 1.37 bits per heavy atom. The predicted octanol–water partition coefficient (Wildman–Crippen LogP) is 2.07. The fraction of sp³-hybridized carbons (Fsp3) is 0.500. The SMILES string of the molecule is O=C(O)CCCc1ccc(F)cc1N1CCOCC1. The van der Waals surface area contributed by atoms with Crippen molar-refractivity contribution in [1.29, 1.82) is 0 Å². The van der Waals surface area contributed by atoms with Crippen LogP contribution in [0, 0.1) is 5.82 Å². The second kappa shape index (κ2) is 6.52. The number of rotatable bonds is 5. The smallest absolute Gasteiger partial charge is 0.303 e. The van der Waals surface area contributed by atoms with Crippen LogP contribution < -0.4 is 4.90 Å². The molecule has 0 aromatic heterocycles. The summed E-state index contributed by atoms with van der Waals surface area (Å²) in [5.74, 6) is -1.06. The zero-order valence-corrected chi connectivity index (χ0v) is 10.8. The van der Waals surface area contributed by atoms with Gasteiger partial charge in [0.15, 0.2) is 0 Å². The summed E-state index contributed by atoms with van der Waals surface area (Å²) in [6.07, 6.45) is 1.36. The standard InChI is InChI=1S/C14H18FNO3/c15-12-5-4-11(2-1-3-14(17)18)13(10-12)16-6-8-19-9-7-16/h4-5,10H,1-3,6-9H2,(H,17,18). The van der Waals surface area contributed by atoms with E-state index in [-0.39, 0.29) is 12.2 Å². The van der Waals surface area contributed by atoms with Gasteiger partial charge in [0.25, 0.3) is 0 Å². The van der Waals surface area contributed by atoms with Gasteiger partial charge in [0.05, 0.1) is 13.2 Å². The van der Waals surface area contributed by atoms with Gasteiger partial charge in [-0.3, -0.25) is 4.79 Å². The molecule has 1 fully saturated rings. The Morgan fingerprint density at radius 2 is 2.11 bits per heavy atom. The molecular weight excluding hydrogens is 249 g/mol. The summed E-state index contributed by atoms with van der Waals surface area (Å²) < 4.78 is 18.7. The third-order valence-corrected chi connectivity index (χ3v) is 3.24. The number of aliphatic carboxylic acids is 1. The molecule has 0 atom stereocenters. The number of hydrogen-bond donors (Lipinski definition) is 1. The Hall–Kier alpha value is -1.62. The Bertz CT molecular complexity index is 444. The van der Waals surface area contributed by atoms with Gasteiger partial charge in [0.1, 0.15) is 5.82 Å². The second-order valence-electron chi connectivity index (χ2n) is 4.62. The first-order valence-electron chi connectivity index (χ1n) is 6.50. The Balaban J connectivity index is 2.10. The third-order valence-electron chi connectivity index (χ3n) is 3.24. The van der Waals surface area contributed by atoms with Gasteiger partial charge in [0, 0.05) is 25.2 Å². The summed E-state index contributed by atoms with van der Waals surface area (Å²) in [7, 11) is 0. The highest BCUT2D eigenvalue weighted by Gasteiger charge is 2.15. The molecule has 1 aliphatic heterocycles. The van der Waals surface area contributed by atoms with Crippen LogP contribution in [0.5, 0.6) is 0 Å². The normalized spacial score (nSPS) is 15.5. The van der Waals surface area contributed by atoms with Gasteiger partial charge in [-0.2, -0.15) is 0 Å². The lowest BCUT2D eigenvalue weighted by atomic mass is 10.0.